The van der Waals surface area contributed by atoms with Crippen LogP contribution in [0.2, 0.25) is 0 Å². The van der Waals surface area contributed by atoms with Gasteiger partial charge in [-0.25, -0.2) is 0 Å². The molecule has 0 aromatic heterocycles. The van der Waals surface area contributed by atoms with Crippen molar-refractivity contribution in [2.24, 2.45) is 0 Å². The first-order valence-electron chi connectivity index (χ1n) is 5.40. The summed E-state index contributed by atoms with van der Waals surface area (Å²) in [5, 5.41) is 3.02. The highest BCUT2D eigenvalue weighted by Crippen LogP contribution is 2.12. The van der Waals surface area contributed by atoms with Gasteiger partial charge in [0.15, 0.2) is 0 Å². The fraction of sp³-hybridized carbons (Fsp3) is 0.417. The molecule has 1 saturated heterocycles. The fourth-order valence-corrected chi connectivity index (χ4v) is 1.98. The van der Waals surface area contributed by atoms with E-state index in [9.17, 15) is 4.79 Å². The lowest BCUT2D eigenvalue weighted by Crippen LogP contribution is -2.38. The van der Waals surface area contributed by atoms with Gasteiger partial charge in [-0.3, -0.25) is 4.79 Å². The first-order chi connectivity index (χ1) is 7.75. The van der Waals surface area contributed by atoms with Crippen LogP contribution in [0.4, 0.5) is 0 Å². The summed E-state index contributed by atoms with van der Waals surface area (Å²) in [6.45, 7) is 1.48. The van der Waals surface area contributed by atoms with E-state index in [-0.39, 0.29) is 11.9 Å². The van der Waals surface area contributed by atoms with Gasteiger partial charge in [0.25, 0.3) is 5.91 Å². The van der Waals surface area contributed by atoms with Crippen LogP contribution in [0.15, 0.2) is 28.7 Å². The van der Waals surface area contributed by atoms with Gasteiger partial charge in [0, 0.05) is 29.3 Å². The molecule has 0 aliphatic carbocycles. The van der Waals surface area contributed by atoms with E-state index in [1.54, 1.807) is 0 Å². The lowest BCUT2D eigenvalue weighted by atomic mass is 10.1. The molecule has 0 unspecified atom stereocenters. The maximum atomic E-state index is 11.9. The van der Waals surface area contributed by atoms with Crippen LogP contribution in [0.5, 0.6) is 0 Å². The van der Waals surface area contributed by atoms with E-state index in [1.165, 1.54) is 0 Å². The van der Waals surface area contributed by atoms with Gasteiger partial charge >= 0.3 is 0 Å². The van der Waals surface area contributed by atoms with E-state index in [4.69, 9.17) is 4.74 Å². The topological polar surface area (TPSA) is 38.3 Å². The van der Waals surface area contributed by atoms with E-state index in [1.807, 2.05) is 24.3 Å². The van der Waals surface area contributed by atoms with Crippen molar-refractivity contribution in [2.45, 2.75) is 18.9 Å². The summed E-state index contributed by atoms with van der Waals surface area (Å²) in [7, 11) is 0. The fourth-order valence-electron chi connectivity index (χ4n) is 1.71. The number of nitrogens with one attached hydrogen (secondary N) is 1. The number of carbonyl (C=O) groups excluding carboxylic acids is 1. The lowest BCUT2D eigenvalue weighted by molar-refractivity contribution is 0.0696. The third-order valence-electron chi connectivity index (χ3n) is 2.66. The number of hydrogen-bond acceptors (Lipinski definition) is 2. The Morgan fingerprint density at radius 1 is 1.25 bits per heavy atom. The molecule has 1 aliphatic heterocycles. The molecule has 3 nitrogen and oxygen atoms in total. The van der Waals surface area contributed by atoms with E-state index < -0.39 is 0 Å². The Bertz CT molecular complexity index is 358. The van der Waals surface area contributed by atoms with Crippen molar-refractivity contribution in [3.8, 4) is 0 Å². The molecular weight excluding hydrogens is 270 g/mol. The number of halogens is 1. The Morgan fingerprint density at radius 2 is 1.88 bits per heavy atom. The van der Waals surface area contributed by atoms with Crippen LogP contribution in [0.1, 0.15) is 23.2 Å². The molecule has 2 rings (SSSR count). The second-order valence-corrected chi connectivity index (χ2v) is 4.78. The monoisotopic (exact) mass is 283 g/mol. The van der Waals surface area contributed by atoms with Gasteiger partial charge in [-0.1, -0.05) is 15.9 Å². The number of rotatable bonds is 2. The van der Waals surface area contributed by atoms with Gasteiger partial charge in [-0.2, -0.15) is 0 Å². The smallest absolute Gasteiger partial charge is 0.251 e. The maximum absolute atomic E-state index is 11.9. The molecule has 0 radical (unpaired) electrons. The number of hydrogen-bond donors (Lipinski definition) is 1. The van der Waals surface area contributed by atoms with E-state index in [2.05, 4.69) is 21.2 Å². The van der Waals surface area contributed by atoms with E-state index in [0.29, 0.717) is 5.56 Å². The molecule has 0 saturated carbocycles. The molecule has 0 bridgehead atoms. The van der Waals surface area contributed by atoms with Crippen molar-refractivity contribution in [2.75, 3.05) is 13.2 Å². The van der Waals surface area contributed by atoms with E-state index >= 15 is 0 Å². The van der Waals surface area contributed by atoms with Crippen LogP contribution in [0.3, 0.4) is 0 Å². The van der Waals surface area contributed by atoms with Crippen molar-refractivity contribution < 1.29 is 9.53 Å². The Kier molecular flexibility index (Phi) is 3.96. The van der Waals surface area contributed by atoms with Gasteiger partial charge < -0.3 is 10.1 Å². The molecule has 16 heavy (non-hydrogen) atoms. The highest BCUT2D eigenvalue weighted by molar-refractivity contribution is 9.10. The average Bonchev–Trinajstić information content (AvgIpc) is 2.31. The van der Waals surface area contributed by atoms with Crippen LogP contribution in [0, 0.1) is 0 Å². The second kappa shape index (κ2) is 5.46. The van der Waals surface area contributed by atoms with Crippen molar-refractivity contribution in [1.82, 2.24) is 5.32 Å². The first kappa shape index (κ1) is 11.6. The largest absolute Gasteiger partial charge is 0.381 e. The molecule has 1 aliphatic rings. The summed E-state index contributed by atoms with van der Waals surface area (Å²) >= 11 is 3.34. The summed E-state index contributed by atoms with van der Waals surface area (Å²) in [5.74, 6) is -0.000556. The average molecular weight is 284 g/mol. The Hall–Kier alpha value is -0.870. The predicted octanol–water partition coefficient (Wildman–Crippen LogP) is 2.36. The van der Waals surface area contributed by atoms with Crippen molar-refractivity contribution in [1.29, 1.82) is 0 Å². The predicted molar refractivity (Wildman–Crippen MR) is 65.4 cm³/mol. The molecule has 1 aromatic carbocycles. The summed E-state index contributed by atoms with van der Waals surface area (Å²) in [5.41, 5.74) is 0.703. The van der Waals surface area contributed by atoms with Crippen LogP contribution >= 0.6 is 15.9 Å². The quantitative estimate of drug-likeness (QED) is 0.905. The number of ether oxygens (including phenoxy) is 1. The summed E-state index contributed by atoms with van der Waals surface area (Å²) in [6.07, 6.45) is 1.81. The molecule has 1 N–H and O–H groups in total. The normalized spacial score (nSPS) is 17.1. The van der Waals surface area contributed by atoms with Gasteiger partial charge in [0.1, 0.15) is 0 Å². The van der Waals surface area contributed by atoms with Gasteiger partial charge in [0.2, 0.25) is 0 Å². The standard InChI is InChI=1S/C12H14BrNO2/c13-10-3-1-9(2-4-10)12(15)14-11-5-7-16-8-6-11/h1-4,11H,5-8H2,(H,14,15). The SMILES string of the molecule is O=C(NC1CCOCC1)c1ccc(Br)cc1. The Labute approximate surface area is 103 Å². The van der Waals surface area contributed by atoms with Crippen molar-refractivity contribution in [3.63, 3.8) is 0 Å². The molecule has 1 heterocycles. The van der Waals surface area contributed by atoms with E-state index in [0.717, 1.165) is 30.5 Å². The third-order valence-corrected chi connectivity index (χ3v) is 3.19. The van der Waals surface area contributed by atoms with Crippen LogP contribution in [-0.2, 0) is 4.74 Å². The zero-order chi connectivity index (χ0) is 11.4. The Balaban J connectivity index is 1.94. The number of benzene rings is 1. The zero-order valence-electron chi connectivity index (χ0n) is 8.91. The molecule has 86 valence electrons. The van der Waals surface area contributed by atoms with Crippen LogP contribution < -0.4 is 5.32 Å². The molecule has 0 spiro atoms. The molecule has 1 fully saturated rings. The number of carbonyl (C=O) groups is 1. The highest BCUT2D eigenvalue weighted by Gasteiger charge is 2.16. The minimum Gasteiger partial charge on any atom is -0.381 e. The molecule has 4 heteroatoms. The molecule has 0 atom stereocenters. The van der Waals surface area contributed by atoms with Crippen LogP contribution in [-0.4, -0.2) is 25.2 Å². The maximum Gasteiger partial charge on any atom is 0.251 e. The molecule has 1 amide bonds. The second-order valence-electron chi connectivity index (χ2n) is 3.87. The lowest BCUT2D eigenvalue weighted by Gasteiger charge is -2.23. The van der Waals surface area contributed by atoms with Crippen molar-refractivity contribution >= 4 is 21.8 Å². The summed E-state index contributed by atoms with van der Waals surface area (Å²) in [4.78, 5) is 11.9. The minimum atomic E-state index is -0.000556. The summed E-state index contributed by atoms with van der Waals surface area (Å²) in [6, 6.07) is 7.64. The highest BCUT2D eigenvalue weighted by atomic mass is 79.9. The zero-order valence-corrected chi connectivity index (χ0v) is 10.5. The third kappa shape index (κ3) is 3.06. The van der Waals surface area contributed by atoms with Gasteiger partial charge in [-0.05, 0) is 37.1 Å². The first-order valence-corrected chi connectivity index (χ1v) is 6.19. The Morgan fingerprint density at radius 3 is 2.50 bits per heavy atom. The van der Waals surface area contributed by atoms with Gasteiger partial charge in [0.05, 0.1) is 0 Å². The van der Waals surface area contributed by atoms with Crippen molar-refractivity contribution in [3.05, 3.63) is 34.3 Å². The summed E-state index contributed by atoms with van der Waals surface area (Å²) < 4.78 is 6.23. The molecular formula is C12H14BrNO2. The van der Waals surface area contributed by atoms with Gasteiger partial charge in [-0.15, -0.1) is 0 Å². The molecule has 1 aromatic rings. The minimum absolute atomic E-state index is 0.000556. The van der Waals surface area contributed by atoms with Crippen LogP contribution in [0.25, 0.3) is 0 Å². The number of amides is 1.